The molecule has 0 saturated carbocycles. The van der Waals surface area contributed by atoms with Crippen molar-refractivity contribution >= 4 is 11.8 Å². The smallest absolute Gasteiger partial charge is 0.247 e. The summed E-state index contributed by atoms with van der Waals surface area (Å²) in [6.45, 7) is 3.32. The van der Waals surface area contributed by atoms with Gasteiger partial charge in [0.15, 0.2) is 23.0 Å². The van der Waals surface area contributed by atoms with E-state index in [2.05, 4.69) is 5.32 Å². The number of methoxy groups -OCH3 is 1. The van der Waals surface area contributed by atoms with Gasteiger partial charge in [0.1, 0.15) is 12.2 Å². The zero-order chi connectivity index (χ0) is 28.6. The van der Waals surface area contributed by atoms with Crippen LogP contribution in [0.1, 0.15) is 36.5 Å². The minimum Gasteiger partial charge on any atom is -0.493 e. The lowest BCUT2D eigenvalue weighted by atomic mass is 9.77. The zero-order valence-electron chi connectivity index (χ0n) is 22.6. The first kappa shape index (κ1) is 27.8. The molecule has 4 N–H and O–H groups in total. The van der Waals surface area contributed by atoms with Gasteiger partial charge in [0.25, 0.3) is 0 Å². The Balaban J connectivity index is 1.58. The van der Waals surface area contributed by atoms with E-state index in [0.29, 0.717) is 34.1 Å². The maximum Gasteiger partial charge on any atom is 0.247 e. The van der Waals surface area contributed by atoms with Crippen LogP contribution in [0.2, 0.25) is 0 Å². The van der Waals surface area contributed by atoms with Crippen molar-refractivity contribution in [3.8, 4) is 23.0 Å². The Labute approximate surface area is 231 Å². The van der Waals surface area contributed by atoms with Gasteiger partial charge in [0.2, 0.25) is 18.6 Å². The molecule has 0 aromatic heterocycles. The third kappa shape index (κ3) is 4.96. The van der Waals surface area contributed by atoms with Gasteiger partial charge in [-0.2, -0.15) is 0 Å². The summed E-state index contributed by atoms with van der Waals surface area (Å²) in [6.07, 6.45) is -0.504. The summed E-state index contributed by atoms with van der Waals surface area (Å²) in [4.78, 5) is 28.6. The molecule has 0 saturated heterocycles. The predicted octanol–water partition coefficient (Wildman–Crippen LogP) is 1.22. The number of benzene rings is 2. The van der Waals surface area contributed by atoms with Gasteiger partial charge in [-0.15, -0.1) is 0 Å². The fraction of sp³-hybridized carbons (Fsp3) is 0.448. The molecule has 0 fully saturated rings. The van der Waals surface area contributed by atoms with E-state index in [4.69, 9.17) is 18.9 Å². The van der Waals surface area contributed by atoms with Crippen LogP contribution in [0.3, 0.4) is 0 Å². The van der Waals surface area contributed by atoms with Gasteiger partial charge in [-0.05, 0) is 41.5 Å². The van der Waals surface area contributed by atoms with Crippen molar-refractivity contribution in [1.29, 1.82) is 0 Å². The number of rotatable bonds is 9. The Hall–Kier alpha value is -3.80. The molecule has 11 heteroatoms. The van der Waals surface area contributed by atoms with Crippen LogP contribution in [0, 0.1) is 5.92 Å². The molecule has 214 valence electrons. The fourth-order valence-electron chi connectivity index (χ4n) is 5.52. The number of ether oxygens (including phenoxy) is 4. The van der Waals surface area contributed by atoms with E-state index in [1.54, 1.807) is 49.1 Å². The van der Waals surface area contributed by atoms with E-state index in [-0.39, 0.29) is 44.6 Å². The van der Waals surface area contributed by atoms with Gasteiger partial charge >= 0.3 is 0 Å². The first-order chi connectivity index (χ1) is 19.3. The summed E-state index contributed by atoms with van der Waals surface area (Å²) in [5.41, 5.74) is 2.20. The number of hydrogen-bond donors (Lipinski definition) is 4. The lowest BCUT2D eigenvalue weighted by molar-refractivity contribution is -0.141. The van der Waals surface area contributed by atoms with Gasteiger partial charge in [-0.1, -0.05) is 19.9 Å². The van der Waals surface area contributed by atoms with Crippen LogP contribution in [0.15, 0.2) is 42.0 Å². The minimum atomic E-state index is -1.20. The number of amides is 2. The van der Waals surface area contributed by atoms with Gasteiger partial charge in [-0.3, -0.25) is 9.59 Å². The van der Waals surface area contributed by atoms with E-state index < -0.39 is 36.0 Å². The van der Waals surface area contributed by atoms with Gasteiger partial charge in [0.05, 0.1) is 32.3 Å². The fourth-order valence-corrected chi connectivity index (χ4v) is 5.52. The highest BCUT2D eigenvalue weighted by molar-refractivity contribution is 5.96. The van der Waals surface area contributed by atoms with Crippen LogP contribution in [-0.2, 0) is 22.7 Å². The summed E-state index contributed by atoms with van der Waals surface area (Å²) >= 11 is 0. The van der Waals surface area contributed by atoms with Gasteiger partial charge in [0, 0.05) is 30.1 Å². The summed E-state index contributed by atoms with van der Waals surface area (Å²) in [7, 11) is 1.47. The molecule has 1 aliphatic carbocycles. The molecule has 2 aromatic carbocycles. The Morgan fingerprint density at radius 2 is 1.90 bits per heavy atom. The van der Waals surface area contributed by atoms with Crippen LogP contribution in [0.25, 0.3) is 0 Å². The SMILES string of the molecule is COc1cc(CO)cc2c1OC1C2C(C(=O)NCCO)=CC(N(Cc2ccc3c(c2)OCO3)C(=O)C(C)C)C1O. The number of carbonyl (C=O) groups excluding carboxylic acids is 2. The second kappa shape index (κ2) is 11.4. The van der Waals surface area contributed by atoms with Crippen LogP contribution >= 0.6 is 0 Å². The molecule has 0 bridgehead atoms. The number of hydrogen-bond acceptors (Lipinski definition) is 9. The average molecular weight is 555 g/mol. The highest BCUT2D eigenvalue weighted by Gasteiger charge is 2.51. The van der Waals surface area contributed by atoms with E-state index >= 15 is 0 Å². The lowest BCUT2D eigenvalue weighted by Gasteiger charge is -2.41. The number of aliphatic hydroxyl groups excluding tert-OH is 3. The Bertz CT molecular complexity index is 1320. The molecule has 2 amide bonds. The van der Waals surface area contributed by atoms with Crippen LogP contribution in [0.5, 0.6) is 23.0 Å². The summed E-state index contributed by atoms with van der Waals surface area (Å²) in [5.74, 6) is 0.155. The van der Waals surface area contributed by atoms with Crippen molar-refractivity contribution in [2.24, 2.45) is 5.92 Å². The standard InChI is InChI=1S/C29H34N2O9/c1-15(2)29(36)31(12-16-4-5-21-22(9-16)39-14-38-21)20-11-19(28(35)30-6-7-32)24-18-8-17(13-33)10-23(37-3)26(18)40-27(24)25(20)34/h4-5,8-11,15,20,24-25,27,32-34H,6-7,12-14H2,1-3H3,(H,30,35). The molecule has 3 aliphatic rings. The number of aliphatic hydroxyl groups is 3. The first-order valence-electron chi connectivity index (χ1n) is 13.2. The second-order valence-electron chi connectivity index (χ2n) is 10.3. The van der Waals surface area contributed by atoms with Crippen molar-refractivity contribution in [3.05, 3.63) is 58.7 Å². The molecule has 4 atom stereocenters. The summed E-state index contributed by atoms with van der Waals surface area (Å²) in [6, 6.07) is 7.86. The van der Waals surface area contributed by atoms with Crippen molar-refractivity contribution in [1.82, 2.24) is 10.2 Å². The maximum absolute atomic E-state index is 13.6. The highest BCUT2D eigenvalue weighted by atomic mass is 16.7. The molecule has 0 radical (unpaired) electrons. The quantitative estimate of drug-likeness (QED) is 0.359. The predicted molar refractivity (Wildman–Crippen MR) is 142 cm³/mol. The number of carbonyl (C=O) groups is 2. The highest BCUT2D eigenvalue weighted by Crippen LogP contribution is 2.51. The number of nitrogens with one attached hydrogen (secondary N) is 1. The van der Waals surface area contributed by atoms with Crippen molar-refractivity contribution in [3.63, 3.8) is 0 Å². The van der Waals surface area contributed by atoms with E-state index in [9.17, 15) is 24.9 Å². The molecule has 11 nitrogen and oxygen atoms in total. The third-order valence-corrected chi connectivity index (χ3v) is 7.42. The molecular weight excluding hydrogens is 520 g/mol. The van der Waals surface area contributed by atoms with Crippen molar-refractivity contribution in [2.75, 3.05) is 27.1 Å². The third-order valence-electron chi connectivity index (χ3n) is 7.42. The van der Waals surface area contributed by atoms with Gasteiger partial charge in [-0.25, -0.2) is 0 Å². The Morgan fingerprint density at radius 3 is 2.60 bits per heavy atom. The summed E-state index contributed by atoms with van der Waals surface area (Å²) < 4.78 is 22.7. The average Bonchev–Trinajstić information content (AvgIpc) is 3.59. The molecule has 0 spiro atoms. The lowest BCUT2D eigenvalue weighted by Crippen LogP contribution is -2.56. The number of fused-ring (bicyclic) bond motifs is 4. The molecule has 2 aromatic rings. The normalized spacial score (nSPS) is 22.2. The maximum atomic E-state index is 13.6. The van der Waals surface area contributed by atoms with Gasteiger partial charge < -0.3 is 44.5 Å². The molecular formula is C29H34N2O9. The van der Waals surface area contributed by atoms with Crippen molar-refractivity contribution in [2.45, 2.75) is 51.2 Å². The van der Waals surface area contributed by atoms with E-state index in [1.165, 1.54) is 7.11 Å². The Morgan fingerprint density at radius 1 is 1.12 bits per heavy atom. The number of nitrogens with zero attached hydrogens (tertiary/aromatic N) is 1. The van der Waals surface area contributed by atoms with E-state index in [0.717, 1.165) is 5.56 Å². The van der Waals surface area contributed by atoms with E-state index in [1.807, 2.05) is 6.07 Å². The van der Waals surface area contributed by atoms with Crippen LogP contribution in [0.4, 0.5) is 0 Å². The van der Waals surface area contributed by atoms with Crippen LogP contribution in [-0.4, -0.2) is 77.3 Å². The molecule has 40 heavy (non-hydrogen) atoms. The minimum absolute atomic E-state index is 0.0281. The second-order valence-corrected chi connectivity index (χ2v) is 10.3. The summed E-state index contributed by atoms with van der Waals surface area (Å²) in [5, 5.41) is 33.6. The van der Waals surface area contributed by atoms with Crippen molar-refractivity contribution < 1.29 is 43.9 Å². The Kier molecular flexibility index (Phi) is 7.88. The van der Waals surface area contributed by atoms with Crippen LogP contribution < -0.4 is 24.3 Å². The molecule has 5 rings (SSSR count). The molecule has 2 heterocycles. The molecule has 4 unspecified atom stereocenters. The molecule has 2 aliphatic heterocycles. The zero-order valence-corrected chi connectivity index (χ0v) is 22.6. The topological polar surface area (TPSA) is 147 Å². The largest absolute Gasteiger partial charge is 0.493 e. The monoisotopic (exact) mass is 554 g/mol. The first-order valence-corrected chi connectivity index (χ1v) is 13.2.